The summed E-state index contributed by atoms with van der Waals surface area (Å²) in [7, 11) is 0. The number of benzene rings is 2. The topological polar surface area (TPSA) is 320 Å². The van der Waals surface area contributed by atoms with Crippen LogP contribution in [0, 0.1) is 34.0 Å². The van der Waals surface area contributed by atoms with Gasteiger partial charge in [0.2, 0.25) is 11.1 Å². The second-order valence-corrected chi connectivity index (χ2v) is 16.3. The fourth-order valence-corrected chi connectivity index (χ4v) is 7.21. The number of rotatable bonds is 13. The van der Waals surface area contributed by atoms with Crippen LogP contribution in [0.3, 0.4) is 0 Å². The normalized spacial score (nSPS) is 9.59. The monoisotopic (exact) mass is 1060 g/mol. The van der Waals surface area contributed by atoms with Gasteiger partial charge in [0, 0.05) is 77.6 Å². The predicted octanol–water partition coefficient (Wildman–Crippen LogP) is 8.42. The quantitative estimate of drug-likeness (QED) is 0.0120. The van der Waals surface area contributed by atoms with Gasteiger partial charge in [0.05, 0.1) is 56.4 Å². The summed E-state index contributed by atoms with van der Waals surface area (Å²) < 4.78 is 4.66. The number of thioether (sulfide) groups is 1. The number of aromatic nitrogens is 5. The summed E-state index contributed by atoms with van der Waals surface area (Å²) in [6.07, 6.45) is 9.42. The van der Waals surface area contributed by atoms with Crippen LogP contribution >= 0.6 is 48.2 Å². The van der Waals surface area contributed by atoms with Crippen molar-refractivity contribution in [2.45, 2.75) is 41.5 Å². The van der Waals surface area contributed by atoms with Gasteiger partial charge < -0.3 is 30.7 Å². The number of thiocarbonyl (C=S) groups is 1. The van der Waals surface area contributed by atoms with Crippen molar-refractivity contribution in [1.82, 2.24) is 24.9 Å². The van der Waals surface area contributed by atoms with Gasteiger partial charge in [0.25, 0.3) is 0 Å². The maximum absolute atomic E-state index is 12.0. The number of ketones is 1. The minimum atomic E-state index is -0.998. The van der Waals surface area contributed by atoms with Crippen molar-refractivity contribution in [3.05, 3.63) is 194 Å². The van der Waals surface area contributed by atoms with Crippen molar-refractivity contribution in [2.24, 2.45) is 5.73 Å². The third-order valence-corrected chi connectivity index (χ3v) is 10.9. The van der Waals surface area contributed by atoms with E-state index in [9.17, 15) is 34.0 Å². The van der Waals surface area contributed by atoms with Crippen LogP contribution in [0.4, 0.5) is 0 Å². The number of carbonyl (C=O) groups is 4. The number of Topliss-reactive ketones (excluding diaryl/α,β-unsaturated/α-hetero) is 1. The van der Waals surface area contributed by atoms with Gasteiger partial charge in [-0.15, -0.1) is 36.0 Å². The highest BCUT2D eigenvalue weighted by Gasteiger charge is 2.15. The van der Waals surface area contributed by atoms with Gasteiger partial charge in [0.15, 0.2) is 5.78 Å². The predicted molar refractivity (Wildman–Crippen MR) is 280 cm³/mol. The number of thiol groups is 1. The van der Waals surface area contributed by atoms with Crippen LogP contribution in [-0.4, -0.2) is 70.4 Å². The van der Waals surface area contributed by atoms with Crippen LogP contribution in [0.25, 0.3) is 22.3 Å². The van der Waals surface area contributed by atoms with Crippen molar-refractivity contribution in [3.8, 4) is 40.5 Å². The van der Waals surface area contributed by atoms with Gasteiger partial charge in [-0.2, -0.15) is 15.8 Å². The van der Waals surface area contributed by atoms with Crippen LogP contribution in [0.15, 0.2) is 154 Å². The molecule has 0 atom stereocenters. The lowest BCUT2D eigenvalue weighted by atomic mass is 10.0. The first-order valence-electron chi connectivity index (χ1n) is 21.0. The van der Waals surface area contributed by atoms with Crippen molar-refractivity contribution < 1.29 is 34.1 Å². The molecular weight excluding hydrogens is 1010 g/mol. The van der Waals surface area contributed by atoms with Crippen LogP contribution in [-0.2, 0) is 21.2 Å². The van der Waals surface area contributed by atoms with Gasteiger partial charge in [0.1, 0.15) is 18.6 Å². The molecule has 0 aliphatic carbocycles. The molecule has 2 aromatic carbocycles. The molecule has 0 radical (unpaired) electrons. The number of alkyl halides is 1. The number of aromatic carboxylic acids is 2. The summed E-state index contributed by atoms with van der Waals surface area (Å²) in [5, 5.41) is 44.8. The number of hydrogen-bond acceptors (Lipinski definition) is 16. The van der Waals surface area contributed by atoms with Gasteiger partial charge >= 0.3 is 17.9 Å². The van der Waals surface area contributed by atoms with E-state index < -0.39 is 17.9 Å². The van der Waals surface area contributed by atoms with Crippen molar-refractivity contribution in [3.63, 3.8) is 0 Å². The van der Waals surface area contributed by atoms with Crippen LogP contribution < -0.4 is 16.9 Å². The van der Waals surface area contributed by atoms with Gasteiger partial charge in [-0.1, -0.05) is 36.5 Å². The number of hydrogen-bond donors (Lipinski definition) is 6. The van der Waals surface area contributed by atoms with E-state index in [0.717, 1.165) is 22.3 Å². The summed E-state index contributed by atoms with van der Waals surface area (Å²) in [5.74, 6) is -1.88. The highest BCUT2D eigenvalue weighted by atomic mass is 35.5. The number of ether oxygens (including phenoxy) is 1. The molecule has 0 bridgehead atoms. The number of H-pyrrole nitrogens is 2. The molecule has 5 aromatic heterocycles. The summed E-state index contributed by atoms with van der Waals surface area (Å²) >= 11 is 15.2. The Balaban J connectivity index is 0.000000259. The first-order chi connectivity index (χ1) is 35.0. The van der Waals surface area contributed by atoms with Crippen LogP contribution in [0.2, 0.25) is 0 Å². The number of carboxylic acids is 2. The second-order valence-electron chi connectivity index (χ2n) is 14.1. The maximum atomic E-state index is 12.0. The van der Waals surface area contributed by atoms with Crippen molar-refractivity contribution in [1.29, 1.82) is 15.8 Å². The van der Waals surface area contributed by atoms with E-state index in [-0.39, 0.29) is 50.9 Å². The van der Waals surface area contributed by atoms with E-state index in [0.29, 0.717) is 51.1 Å². The van der Waals surface area contributed by atoms with Crippen LogP contribution in [0.5, 0.6) is 0 Å². The Bertz CT molecular complexity index is 3270. The van der Waals surface area contributed by atoms with Gasteiger partial charge in [-0.05, 0) is 89.8 Å². The molecule has 7 rings (SSSR count). The highest BCUT2D eigenvalue weighted by Crippen LogP contribution is 2.30. The lowest BCUT2D eigenvalue weighted by molar-refractivity contribution is -0.141. The smallest absolute Gasteiger partial charge is 0.335 e. The zero-order valence-electron chi connectivity index (χ0n) is 38.4. The molecule has 6 N–H and O–H groups in total. The highest BCUT2D eigenvalue weighted by molar-refractivity contribution is 7.98. The standard InChI is InChI=1S/C19H13N3O3S.C11H7N3OS.C10H11NO3.C8H7ClO2.C3H4N2S/c20-10-16-15(13-4-6-21-7-5-13)9-17(23)22-18(16)26-11-12-2-1-3-14(8-12)19(24)25;12-6-9-8(5-10(15)14-11(9)16)7-1-3-13-4-2-7;1-2-14-10(13)7-9(12)8-3-5-11-6-4-8;9-5-6-2-1-3-7(4-6)8(10)11;4-2-1-3(5)6/h1-9H,11H2,(H,22,23)(H,24,25);1-5H,(H2,14,15,16);3-6H,2,7H2,1H3;1-4H,5H2,(H,10,11);1H2,(H2,5,6). The number of halogens is 1. The third-order valence-electron chi connectivity index (χ3n) is 8.99. The number of esters is 1. The zero-order valence-corrected chi connectivity index (χ0v) is 41.7. The Labute approximate surface area is 437 Å². The number of nitrogens with two attached hydrogens (primary N) is 1. The molecule has 18 nitrogen and oxygen atoms in total. The van der Waals surface area contributed by atoms with Crippen LogP contribution in [0.1, 0.15) is 73.1 Å². The Morgan fingerprint density at radius 3 is 1.66 bits per heavy atom. The number of aromatic amines is 2. The van der Waals surface area contributed by atoms with Crippen molar-refractivity contribution in [2.75, 3.05) is 6.61 Å². The fraction of sp³-hybridized carbons (Fsp3) is 0.118. The molecule has 0 aliphatic rings. The SMILES string of the molecule is CCOC(=O)CC(=O)c1ccncc1.N#CCC(N)=S.N#Cc1c(-c2ccncc2)cc(=O)[nH]c1S.N#Cc1c(-c2ccncc2)cc(=O)[nH]c1SCc1cccc(C(=O)O)c1.O=C(O)c1cccc(CCl)c1. The first-order valence-corrected chi connectivity index (χ1v) is 23.3. The van der Waals surface area contributed by atoms with E-state index in [1.165, 1.54) is 42.4 Å². The molecule has 5 heterocycles. The van der Waals surface area contributed by atoms with E-state index in [1.54, 1.807) is 117 Å². The number of nitriles is 3. The molecule has 370 valence electrons. The van der Waals surface area contributed by atoms with Gasteiger partial charge in [-0.3, -0.25) is 34.1 Å². The summed E-state index contributed by atoms with van der Waals surface area (Å²) in [6.45, 7) is 2.00. The molecule has 0 unspecified atom stereocenters. The molecule has 22 heteroatoms. The molecule has 73 heavy (non-hydrogen) atoms. The average Bonchev–Trinajstić information content (AvgIpc) is 3.39. The molecule has 0 spiro atoms. The molecule has 0 saturated carbocycles. The van der Waals surface area contributed by atoms with Gasteiger partial charge in [-0.25, -0.2) is 9.59 Å². The Morgan fingerprint density at radius 2 is 1.21 bits per heavy atom. The summed E-state index contributed by atoms with van der Waals surface area (Å²) in [6, 6.07) is 32.0. The minimum Gasteiger partial charge on any atom is -0.478 e. The Hall–Kier alpha value is -8.78. The minimum absolute atomic E-state index is 0.190. The van der Waals surface area contributed by atoms with Crippen molar-refractivity contribution >= 4 is 76.9 Å². The average molecular weight is 1060 g/mol. The number of nitrogens with zero attached hydrogens (tertiary/aromatic N) is 6. The van der Waals surface area contributed by atoms with E-state index in [2.05, 4.69) is 60.6 Å². The number of nitrogens with one attached hydrogen (secondary N) is 2. The molecule has 0 saturated heterocycles. The fourth-order valence-electron chi connectivity index (χ4n) is 5.73. The Morgan fingerprint density at radius 1 is 0.726 bits per heavy atom. The molecule has 0 fully saturated rings. The number of carbonyl (C=O) groups excluding carboxylic acids is 2. The van der Waals surface area contributed by atoms with E-state index in [4.69, 9.17) is 38.1 Å². The molecule has 7 aromatic rings. The number of pyridine rings is 5. The summed E-state index contributed by atoms with van der Waals surface area (Å²) in [4.78, 5) is 84.3. The zero-order chi connectivity index (χ0) is 53.7. The molecular formula is C51H42ClN9O9S3. The first kappa shape index (κ1) is 58.5. The van der Waals surface area contributed by atoms with E-state index in [1.807, 2.05) is 6.07 Å². The third kappa shape index (κ3) is 20.2. The molecule has 0 aliphatic heterocycles. The Kier molecular flexibility index (Phi) is 25.2. The maximum Gasteiger partial charge on any atom is 0.335 e. The largest absolute Gasteiger partial charge is 0.478 e. The second kappa shape index (κ2) is 31.4. The number of carboxylic acid groups (broad SMARTS) is 2. The summed E-state index contributed by atoms with van der Waals surface area (Å²) in [5.41, 5.74) is 10.2. The lowest BCUT2D eigenvalue weighted by Gasteiger charge is -2.09. The lowest BCUT2D eigenvalue weighted by Crippen LogP contribution is -2.11. The molecule has 0 amide bonds. The van der Waals surface area contributed by atoms with E-state index >= 15 is 0 Å².